The van der Waals surface area contributed by atoms with E-state index in [0.717, 1.165) is 18.2 Å². The molecule has 1 fully saturated rings. The predicted molar refractivity (Wildman–Crippen MR) is 103 cm³/mol. The Kier molecular flexibility index (Phi) is 4.51. The molecule has 0 aliphatic carbocycles. The van der Waals surface area contributed by atoms with Crippen LogP contribution in [0, 0.1) is 6.92 Å². The van der Waals surface area contributed by atoms with Gasteiger partial charge in [-0.3, -0.25) is 14.7 Å². The summed E-state index contributed by atoms with van der Waals surface area (Å²) in [5, 5.41) is 15.2. The van der Waals surface area contributed by atoms with Gasteiger partial charge >= 0.3 is 0 Å². The van der Waals surface area contributed by atoms with Crippen LogP contribution in [-0.2, 0) is 4.79 Å². The molecule has 1 unspecified atom stereocenters. The highest BCUT2D eigenvalue weighted by Gasteiger charge is 2.30. The van der Waals surface area contributed by atoms with Crippen LogP contribution in [0.25, 0.3) is 10.8 Å². The monoisotopic (exact) mass is 365 g/mol. The summed E-state index contributed by atoms with van der Waals surface area (Å²) in [6, 6.07) is 7.29. The molecule has 0 radical (unpaired) electrons. The number of nitrogens with one attached hydrogen (secondary N) is 2. The molecule has 3 aromatic rings. The van der Waals surface area contributed by atoms with Crippen LogP contribution < -0.4 is 5.56 Å². The summed E-state index contributed by atoms with van der Waals surface area (Å²) in [6.07, 6.45) is 3.68. The SMILES string of the molecule is Cc1cn[nH]c1C1CCN(C(=O)C(C)c2n[nH]c(=O)c3ccccc23)CC1. The van der Waals surface area contributed by atoms with Crippen molar-refractivity contribution in [3.05, 3.63) is 57.8 Å². The van der Waals surface area contributed by atoms with E-state index in [1.165, 1.54) is 11.3 Å². The molecule has 0 saturated carbocycles. The van der Waals surface area contributed by atoms with Gasteiger partial charge in [0.2, 0.25) is 5.91 Å². The molecule has 140 valence electrons. The van der Waals surface area contributed by atoms with Crippen molar-refractivity contribution in [1.29, 1.82) is 0 Å². The maximum absolute atomic E-state index is 13.1. The Balaban J connectivity index is 1.52. The first-order valence-corrected chi connectivity index (χ1v) is 9.32. The Labute approximate surface area is 156 Å². The summed E-state index contributed by atoms with van der Waals surface area (Å²) in [5.41, 5.74) is 2.76. The number of hydrogen-bond donors (Lipinski definition) is 2. The van der Waals surface area contributed by atoms with Crippen LogP contribution in [0.15, 0.2) is 35.3 Å². The minimum absolute atomic E-state index is 0.0551. The number of piperidine rings is 1. The van der Waals surface area contributed by atoms with E-state index in [0.29, 0.717) is 30.1 Å². The number of amides is 1. The van der Waals surface area contributed by atoms with Crippen molar-refractivity contribution in [2.45, 2.75) is 38.5 Å². The Morgan fingerprint density at radius 1 is 1.19 bits per heavy atom. The van der Waals surface area contributed by atoms with Crippen molar-refractivity contribution >= 4 is 16.7 Å². The number of carbonyl (C=O) groups is 1. The highest BCUT2D eigenvalue weighted by molar-refractivity contribution is 5.91. The first-order chi connectivity index (χ1) is 13.1. The van der Waals surface area contributed by atoms with Crippen molar-refractivity contribution in [2.75, 3.05) is 13.1 Å². The van der Waals surface area contributed by atoms with E-state index in [4.69, 9.17) is 0 Å². The summed E-state index contributed by atoms with van der Waals surface area (Å²) in [7, 11) is 0. The molecule has 1 atom stereocenters. The Morgan fingerprint density at radius 3 is 2.56 bits per heavy atom. The fourth-order valence-corrected chi connectivity index (χ4v) is 4.01. The molecule has 4 rings (SSSR count). The molecule has 0 spiro atoms. The second-order valence-corrected chi connectivity index (χ2v) is 7.27. The lowest BCUT2D eigenvalue weighted by Gasteiger charge is -2.33. The van der Waals surface area contributed by atoms with Gasteiger partial charge in [0, 0.05) is 30.1 Å². The lowest BCUT2D eigenvalue weighted by atomic mass is 9.90. The maximum atomic E-state index is 13.1. The summed E-state index contributed by atoms with van der Waals surface area (Å²) >= 11 is 0. The highest BCUT2D eigenvalue weighted by atomic mass is 16.2. The number of H-pyrrole nitrogens is 2. The summed E-state index contributed by atoms with van der Waals surface area (Å²) < 4.78 is 0. The van der Waals surface area contributed by atoms with Crippen LogP contribution in [-0.4, -0.2) is 44.3 Å². The summed E-state index contributed by atoms with van der Waals surface area (Å²) in [6.45, 7) is 5.35. The van der Waals surface area contributed by atoms with Gasteiger partial charge in [0.25, 0.3) is 5.56 Å². The van der Waals surface area contributed by atoms with Gasteiger partial charge in [0.1, 0.15) is 0 Å². The Morgan fingerprint density at radius 2 is 1.89 bits per heavy atom. The average Bonchev–Trinajstić information content (AvgIpc) is 3.13. The van der Waals surface area contributed by atoms with E-state index >= 15 is 0 Å². The largest absolute Gasteiger partial charge is 0.342 e. The molecular weight excluding hydrogens is 342 g/mol. The van der Waals surface area contributed by atoms with Crippen LogP contribution >= 0.6 is 0 Å². The van der Waals surface area contributed by atoms with Gasteiger partial charge in [-0.15, -0.1) is 0 Å². The Bertz CT molecular complexity index is 1030. The second kappa shape index (κ2) is 6.98. The Hall–Kier alpha value is -2.96. The number of rotatable bonds is 3. The highest BCUT2D eigenvalue weighted by Crippen LogP contribution is 2.30. The lowest BCUT2D eigenvalue weighted by molar-refractivity contribution is -0.133. The maximum Gasteiger partial charge on any atom is 0.272 e. The third-order valence-electron chi connectivity index (χ3n) is 5.59. The number of aryl methyl sites for hydroxylation is 1. The molecule has 1 aliphatic rings. The number of aromatic nitrogens is 4. The standard InChI is InChI=1S/C20H23N5O2/c1-12-11-21-22-17(12)14-7-9-25(10-8-14)20(27)13(2)18-15-5-3-4-6-16(15)19(26)24-23-18/h3-6,11,13-14H,7-10H2,1-2H3,(H,21,22)(H,24,26). The predicted octanol–water partition coefficient (Wildman–Crippen LogP) is 2.46. The van der Waals surface area contributed by atoms with E-state index < -0.39 is 5.92 Å². The second-order valence-electron chi connectivity index (χ2n) is 7.27. The third kappa shape index (κ3) is 3.13. The minimum atomic E-state index is -0.405. The van der Waals surface area contributed by atoms with Crippen molar-refractivity contribution < 1.29 is 4.79 Å². The molecule has 1 aromatic carbocycles. The first-order valence-electron chi connectivity index (χ1n) is 9.32. The number of likely N-dealkylation sites (tertiary alicyclic amines) is 1. The number of fused-ring (bicyclic) bond motifs is 1. The van der Waals surface area contributed by atoms with E-state index in [-0.39, 0.29) is 11.5 Å². The fourth-order valence-electron chi connectivity index (χ4n) is 4.01. The number of carbonyl (C=O) groups excluding carboxylic acids is 1. The first kappa shape index (κ1) is 17.5. The molecule has 3 heterocycles. The normalized spacial score (nSPS) is 16.6. The molecule has 7 nitrogen and oxygen atoms in total. The van der Waals surface area contributed by atoms with Gasteiger partial charge in [-0.25, -0.2) is 5.10 Å². The molecule has 1 aliphatic heterocycles. The zero-order chi connectivity index (χ0) is 19.0. The molecule has 0 bridgehead atoms. The van der Waals surface area contributed by atoms with E-state index in [2.05, 4.69) is 27.3 Å². The minimum Gasteiger partial charge on any atom is -0.342 e. The molecule has 27 heavy (non-hydrogen) atoms. The van der Waals surface area contributed by atoms with Crippen molar-refractivity contribution in [1.82, 2.24) is 25.3 Å². The van der Waals surface area contributed by atoms with Gasteiger partial charge in [0.15, 0.2) is 0 Å². The smallest absolute Gasteiger partial charge is 0.272 e. The van der Waals surface area contributed by atoms with Gasteiger partial charge in [-0.05, 0) is 38.3 Å². The fraction of sp³-hybridized carbons (Fsp3) is 0.400. The van der Waals surface area contributed by atoms with Gasteiger partial charge < -0.3 is 4.90 Å². The number of aromatic amines is 2. The molecule has 1 saturated heterocycles. The number of benzene rings is 1. The van der Waals surface area contributed by atoms with E-state index in [1.54, 1.807) is 6.07 Å². The van der Waals surface area contributed by atoms with Crippen LogP contribution in [0.2, 0.25) is 0 Å². The van der Waals surface area contributed by atoms with Crippen LogP contribution in [0.5, 0.6) is 0 Å². The number of nitrogens with zero attached hydrogens (tertiary/aromatic N) is 3. The zero-order valence-electron chi connectivity index (χ0n) is 15.5. The van der Waals surface area contributed by atoms with Crippen LogP contribution in [0.1, 0.15) is 48.6 Å². The third-order valence-corrected chi connectivity index (χ3v) is 5.59. The quantitative estimate of drug-likeness (QED) is 0.745. The van der Waals surface area contributed by atoms with Crippen molar-refractivity contribution in [3.8, 4) is 0 Å². The van der Waals surface area contributed by atoms with Crippen LogP contribution in [0.4, 0.5) is 0 Å². The topological polar surface area (TPSA) is 94.7 Å². The van der Waals surface area contributed by atoms with Gasteiger partial charge in [-0.1, -0.05) is 18.2 Å². The van der Waals surface area contributed by atoms with E-state index in [9.17, 15) is 9.59 Å². The number of hydrogen-bond acceptors (Lipinski definition) is 4. The summed E-state index contributed by atoms with van der Waals surface area (Å²) in [5.74, 6) is 0.0653. The van der Waals surface area contributed by atoms with Crippen LogP contribution in [0.3, 0.4) is 0 Å². The van der Waals surface area contributed by atoms with Crippen molar-refractivity contribution in [2.24, 2.45) is 0 Å². The lowest BCUT2D eigenvalue weighted by Crippen LogP contribution is -2.40. The van der Waals surface area contributed by atoms with Gasteiger partial charge in [0.05, 0.1) is 23.2 Å². The van der Waals surface area contributed by atoms with E-state index in [1.807, 2.05) is 36.2 Å². The molecule has 2 aromatic heterocycles. The van der Waals surface area contributed by atoms with Gasteiger partial charge in [-0.2, -0.15) is 10.2 Å². The molecular formula is C20H23N5O2. The van der Waals surface area contributed by atoms with Crippen molar-refractivity contribution in [3.63, 3.8) is 0 Å². The summed E-state index contributed by atoms with van der Waals surface area (Å²) in [4.78, 5) is 27.0. The molecule has 7 heteroatoms. The molecule has 2 N–H and O–H groups in total. The molecule has 1 amide bonds. The zero-order valence-corrected chi connectivity index (χ0v) is 15.5. The average molecular weight is 365 g/mol.